The summed E-state index contributed by atoms with van der Waals surface area (Å²) in [7, 11) is 8.26. The quantitative estimate of drug-likeness (QED) is 0.348. The van der Waals surface area contributed by atoms with Crippen molar-refractivity contribution in [1.29, 1.82) is 0 Å². The lowest BCUT2D eigenvalue weighted by atomic mass is 10.1. The van der Waals surface area contributed by atoms with Crippen molar-refractivity contribution in [2.45, 2.75) is 19.9 Å². The SMILES string of the molecule is CC(C)[NH+]=C(O)C(CN(C)C)C[NH+](C)C. The van der Waals surface area contributed by atoms with Gasteiger partial charge in [-0.1, -0.05) is 0 Å². The lowest BCUT2D eigenvalue weighted by Crippen LogP contribution is -3.07. The Labute approximate surface area is 93.6 Å². The van der Waals surface area contributed by atoms with Crippen molar-refractivity contribution in [2.24, 2.45) is 5.92 Å². The van der Waals surface area contributed by atoms with Crippen LogP contribution < -0.4 is 9.89 Å². The lowest BCUT2D eigenvalue weighted by Gasteiger charge is -2.18. The third-order valence-corrected chi connectivity index (χ3v) is 2.06. The Balaban J connectivity index is 4.47. The summed E-state index contributed by atoms with van der Waals surface area (Å²) in [5.74, 6) is 0.604. The fourth-order valence-electron chi connectivity index (χ4n) is 1.59. The number of aliphatic hydroxyl groups is 1. The molecule has 4 heteroatoms. The van der Waals surface area contributed by atoms with Gasteiger partial charge >= 0.3 is 5.90 Å². The van der Waals surface area contributed by atoms with Gasteiger partial charge in [-0.2, -0.15) is 0 Å². The van der Waals surface area contributed by atoms with Crippen LogP contribution in [-0.2, 0) is 0 Å². The van der Waals surface area contributed by atoms with Crippen LogP contribution in [0.2, 0.25) is 0 Å². The van der Waals surface area contributed by atoms with E-state index in [1.165, 1.54) is 4.90 Å². The van der Waals surface area contributed by atoms with Crippen LogP contribution in [-0.4, -0.2) is 63.2 Å². The minimum Gasteiger partial charge on any atom is -0.463 e. The fourth-order valence-corrected chi connectivity index (χ4v) is 1.59. The fraction of sp³-hybridized carbons (Fsp3) is 0.909. The minimum atomic E-state index is 0.187. The summed E-state index contributed by atoms with van der Waals surface area (Å²) in [4.78, 5) is 6.54. The van der Waals surface area contributed by atoms with Gasteiger partial charge in [-0.3, -0.25) is 0 Å². The molecular weight excluding hydrogens is 190 g/mol. The summed E-state index contributed by atoms with van der Waals surface area (Å²) < 4.78 is 0. The van der Waals surface area contributed by atoms with E-state index in [4.69, 9.17) is 0 Å². The molecule has 15 heavy (non-hydrogen) atoms. The van der Waals surface area contributed by atoms with Gasteiger partial charge in [-0.15, -0.1) is 0 Å². The van der Waals surface area contributed by atoms with Crippen LogP contribution in [0.4, 0.5) is 0 Å². The maximum absolute atomic E-state index is 9.94. The molecule has 90 valence electrons. The molecule has 0 aromatic heterocycles. The van der Waals surface area contributed by atoms with Crippen LogP contribution in [0.1, 0.15) is 13.8 Å². The zero-order valence-electron chi connectivity index (χ0n) is 11.0. The van der Waals surface area contributed by atoms with Crippen LogP contribution >= 0.6 is 0 Å². The van der Waals surface area contributed by atoms with E-state index < -0.39 is 0 Å². The van der Waals surface area contributed by atoms with Crippen LogP contribution in [0, 0.1) is 5.92 Å². The largest absolute Gasteiger partial charge is 0.463 e. The van der Waals surface area contributed by atoms with E-state index >= 15 is 0 Å². The number of hydrogen-bond acceptors (Lipinski definition) is 1. The van der Waals surface area contributed by atoms with E-state index in [1.54, 1.807) is 0 Å². The molecule has 0 aromatic rings. The average molecular weight is 217 g/mol. The Kier molecular flexibility index (Phi) is 6.52. The summed E-state index contributed by atoms with van der Waals surface area (Å²) in [5.41, 5.74) is 0. The molecule has 1 atom stereocenters. The maximum Gasteiger partial charge on any atom is 0.342 e. The van der Waals surface area contributed by atoms with Crippen molar-refractivity contribution in [3.8, 4) is 0 Å². The zero-order valence-corrected chi connectivity index (χ0v) is 11.0. The Morgan fingerprint density at radius 2 is 1.87 bits per heavy atom. The minimum absolute atomic E-state index is 0.187. The summed E-state index contributed by atoms with van der Waals surface area (Å²) in [6.45, 7) is 5.87. The second kappa shape index (κ2) is 6.80. The van der Waals surface area contributed by atoms with E-state index in [0.717, 1.165) is 13.1 Å². The number of aliphatic hydroxyl groups excluding tert-OH is 1. The normalized spacial score (nSPS) is 15.4. The molecule has 1 unspecified atom stereocenters. The van der Waals surface area contributed by atoms with Crippen LogP contribution in [0.15, 0.2) is 0 Å². The summed E-state index contributed by atoms with van der Waals surface area (Å²) in [6.07, 6.45) is 0. The maximum atomic E-state index is 9.94. The molecule has 0 aliphatic heterocycles. The predicted octanol–water partition coefficient (Wildman–Crippen LogP) is -2.25. The third-order valence-electron chi connectivity index (χ3n) is 2.06. The second-order valence-corrected chi connectivity index (χ2v) is 5.05. The first-order valence-electron chi connectivity index (χ1n) is 5.59. The van der Waals surface area contributed by atoms with E-state index in [-0.39, 0.29) is 12.0 Å². The van der Waals surface area contributed by atoms with Gasteiger partial charge in [0.25, 0.3) is 0 Å². The number of hydrogen-bond donors (Lipinski definition) is 3. The van der Waals surface area contributed by atoms with E-state index in [0.29, 0.717) is 5.90 Å². The van der Waals surface area contributed by atoms with Gasteiger partial charge in [-0.05, 0) is 27.9 Å². The Morgan fingerprint density at radius 3 is 2.20 bits per heavy atom. The Morgan fingerprint density at radius 1 is 1.33 bits per heavy atom. The molecule has 4 nitrogen and oxygen atoms in total. The molecule has 0 radical (unpaired) electrons. The molecule has 0 spiro atoms. The molecule has 0 aromatic carbocycles. The Bertz CT molecular complexity index is 190. The standard InChI is InChI=1S/C11H25N3O/c1-9(2)12-11(15)10(7-13(3)4)8-14(5)6/h9-10H,7-8H2,1-6H3,(H,12,15)/p+2. The number of quaternary nitrogens is 1. The highest BCUT2D eigenvalue weighted by Gasteiger charge is 2.24. The summed E-state index contributed by atoms with van der Waals surface area (Å²) >= 11 is 0. The summed E-state index contributed by atoms with van der Waals surface area (Å²) in [6, 6.07) is 0.284. The Hall–Kier alpha value is -0.610. The van der Waals surface area contributed by atoms with Gasteiger partial charge in [0.15, 0.2) is 0 Å². The molecule has 0 saturated carbocycles. The van der Waals surface area contributed by atoms with E-state index in [1.807, 2.05) is 27.9 Å². The molecule has 0 amide bonds. The van der Waals surface area contributed by atoms with Gasteiger partial charge in [-0.25, -0.2) is 4.99 Å². The molecular formula is C11H27N3O+2. The van der Waals surface area contributed by atoms with Crippen molar-refractivity contribution in [1.82, 2.24) is 4.90 Å². The molecule has 0 aliphatic rings. The number of nitrogens with one attached hydrogen (secondary N) is 2. The first-order valence-corrected chi connectivity index (χ1v) is 5.59. The second-order valence-electron chi connectivity index (χ2n) is 5.05. The smallest absolute Gasteiger partial charge is 0.342 e. The van der Waals surface area contributed by atoms with Gasteiger partial charge in [0.05, 0.1) is 20.6 Å². The first-order chi connectivity index (χ1) is 6.82. The lowest BCUT2D eigenvalue weighted by molar-refractivity contribution is -0.861. The molecule has 0 fully saturated rings. The first kappa shape index (κ1) is 14.4. The van der Waals surface area contributed by atoms with Gasteiger partial charge in [0.2, 0.25) is 0 Å². The van der Waals surface area contributed by atoms with Crippen molar-refractivity contribution >= 4 is 5.90 Å². The van der Waals surface area contributed by atoms with Crippen molar-refractivity contribution in [2.75, 3.05) is 41.3 Å². The van der Waals surface area contributed by atoms with Crippen molar-refractivity contribution in [3.63, 3.8) is 0 Å². The van der Waals surface area contributed by atoms with E-state index in [9.17, 15) is 5.11 Å². The van der Waals surface area contributed by atoms with Gasteiger partial charge < -0.3 is 14.9 Å². The van der Waals surface area contributed by atoms with Gasteiger partial charge in [0, 0.05) is 6.54 Å². The van der Waals surface area contributed by atoms with Crippen molar-refractivity contribution < 1.29 is 15.0 Å². The molecule has 0 rings (SSSR count). The van der Waals surface area contributed by atoms with Gasteiger partial charge in [0.1, 0.15) is 12.0 Å². The highest BCUT2D eigenvalue weighted by Crippen LogP contribution is 1.93. The topological polar surface area (TPSA) is 41.9 Å². The number of rotatable bonds is 6. The summed E-state index contributed by atoms with van der Waals surface area (Å²) in [5, 5.41) is 9.94. The molecule has 0 saturated heterocycles. The highest BCUT2D eigenvalue weighted by atomic mass is 16.3. The molecule has 0 bridgehead atoms. The number of nitrogens with zero attached hydrogens (tertiary/aromatic N) is 1. The monoisotopic (exact) mass is 217 g/mol. The highest BCUT2D eigenvalue weighted by molar-refractivity contribution is 5.70. The molecule has 0 aliphatic carbocycles. The van der Waals surface area contributed by atoms with Crippen LogP contribution in [0.25, 0.3) is 0 Å². The predicted molar refractivity (Wildman–Crippen MR) is 63.5 cm³/mol. The zero-order chi connectivity index (χ0) is 12.0. The van der Waals surface area contributed by atoms with Crippen LogP contribution in [0.5, 0.6) is 0 Å². The molecule has 0 heterocycles. The third kappa shape index (κ3) is 7.33. The van der Waals surface area contributed by atoms with Crippen LogP contribution in [0.3, 0.4) is 0 Å². The average Bonchev–Trinajstić information content (AvgIpc) is 1.99. The molecule has 3 N–H and O–H groups in total. The van der Waals surface area contributed by atoms with E-state index in [2.05, 4.69) is 24.0 Å². The van der Waals surface area contributed by atoms with Crippen molar-refractivity contribution in [3.05, 3.63) is 0 Å².